The molecule has 0 radical (unpaired) electrons. The van der Waals surface area contributed by atoms with E-state index in [1.54, 1.807) is 0 Å². The lowest BCUT2D eigenvalue weighted by molar-refractivity contribution is -0.301. The zero-order chi connectivity index (χ0) is 47.6. The molecule has 65 heavy (non-hydrogen) atoms. The number of esters is 3. The van der Waals surface area contributed by atoms with E-state index in [-0.39, 0.29) is 25.9 Å². The van der Waals surface area contributed by atoms with Crippen LogP contribution in [0.1, 0.15) is 239 Å². The number of aliphatic hydroxyl groups is 2. The molecule has 1 saturated heterocycles. The van der Waals surface area contributed by atoms with Crippen molar-refractivity contribution in [3.05, 3.63) is 24.3 Å². The highest BCUT2D eigenvalue weighted by Crippen LogP contribution is 2.26. The first-order valence-electron chi connectivity index (χ1n) is 26.3. The Morgan fingerprint density at radius 2 is 0.954 bits per heavy atom. The van der Waals surface area contributed by atoms with E-state index in [0.717, 1.165) is 96.3 Å². The highest BCUT2D eigenvalue weighted by atomic mass is 16.7. The number of rotatable bonds is 44. The van der Waals surface area contributed by atoms with Crippen LogP contribution in [0.2, 0.25) is 0 Å². The molecule has 0 aromatic rings. The van der Waals surface area contributed by atoms with E-state index in [9.17, 15) is 34.5 Å². The summed E-state index contributed by atoms with van der Waals surface area (Å²) in [6.45, 7) is 5.87. The van der Waals surface area contributed by atoms with E-state index in [0.29, 0.717) is 19.3 Å². The van der Waals surface area contributed by atoms with Crippen molar-refractivity contribution in [2.75, 3.05) is 13.2 Å². The van der Waals surface area contributed by atoms with E-state index >= 15 is 0 Å². The summed E-state index contributed by atoms with van der Waals surface area (Å²) in [6.07, 6.45) is 33.2. The summed E-state index contributed by atoms with van der Waals surface area (Å²) in [5, 5.41) is 31.2. The molecule has 0 amide bonds. The molecule has 0 aliphatic carbocycles. The van der Waals surface area contributed by atoms with Crippen molar-refractivity contribution in [2.45, 2.75) is 276 Å². The minimum atomic E-state index is -1.90. The third kappa shape index (κ3) is 33.3. The van der Waals surface area contributed by atoms with Gasteiger partial charge >= 0.3 is 23.9 Å². The average Bonchev–Trinajstić information content (AvgIpc) is 3.29. The molecule has 0 saturated carbocycles. The van der Waals surface area contributed by atoms with Crippen LogP contribution in [0.25, 0.3) is 0 Å². The maximum atomic E-state index is 13.1. The Labute approximate surface area is 394 Å². The first-order valence-corrected chi connectivity index (χ1v) is 26.3. The molecule has 3 N–H and O–H groups in total. The van der Waals surface area contributed by atoms with Crippen molar-refractivity contribution >= 4 is 23.9 Å². The molecule has 1 aliphatic heterocycles. The largest absolute Gasteiger partial charge is 0.479 e. The summed E-state index contributed by atoms with van der Waals surface area (Å²) in [5.41, 5.74) is 0. The maximum absolute atomic E-state index is 13.1. The second-order valence-electron chi connectivity index (χ2n) is 18.2. The monoisotopic (exact) mass is 923 g/mol. The van der Waals surface area contributed by atoms with Crippen LogP contribution in [0.3, 0.4) is 0 Å². The fourth-order valence-electron chi connectivity index (χ4n) is 7.93. The minimum Gasteiger partial charge on any atom is -0.479 e. The Kier molecular flexibility index (Phi) is 39.4. The van der Waals surface area contributed by atoms with Crippen LogP contribution in [0.15, 0.2) is 24.3 Å². The zero-order valence-corrected chi connectivity index (χ0v) is 41.2. The normalized spacial score (nSPS) is 19.2. The first kappa shape index (κ1) is 60.2. The van der Waals surface area contributed by atoms with Crippen molar-refractivity contribution in [3.63, 3.8) is 0 Å². The van der Waals surface area contributed by atoms with Crippen molar-refractivity contribution in [3.8, 4) is 0 Å². The maximum Gasteiger partial charge on any atom is 0.335 e. The molecule has 12 nitrogen and oxygen atoms in total. The Morgan fingerprint density at radius 1 is 0.508 bits per heavy atom. The number of ether oxygens (including phenoxy) is 5. The topological polar surface area (TPSA) is 175 Å². The Bertz CT molecular complexity index is 1240. The van der Waals surface area contributed by atoms with Gasteiger partial charge in [-0.25, -0.2) is 4.79 Å². The number of carbonyl (C=O) groups is 4. The number of carboxylic acids is 1. The molecule has 0 spiro atoms. The summed E-state index contributed by atoms with van der Waals surface area (Å²) in [7, 11) is 0. The lowest BCUT2D eigenvalue weighted by atomic mass is 9.98. The molecular weight excluding hydrogens is 829 g/mol. The van der Waals surface area contributed by atoms with Gasteiger partial charge in [0, 0.05) is 19.3 Å². The van der Waals surface area contributed by atoms with Gasteiger partial charge in [-0.3, -0.25) is 14.4 Å². The summed E-state index contributed by atoms with van der Waals surface area (Å²) in [5.74, 6) is -3.12. The molecule has 6 unspecified atom stereocenters. The van der Waals surface area contributed by atoms with Gasteiger partial charge in [0.1, 0.15) is 18.8 Å². The number of carboxylic acid groups (broad SMARTS) is 1. The second-order valence-corrected chi connectivity index (χ2v) is 18.2. The Morgan fingerprint density at radius 3 is 1.45 bits per heavy atom. The SMILES string of the molecule is CCC/C=C\C/C=C\CCCCCCCC(=O)OCC(COC1OC(C(=O)O)C(O)C(O)C1OC(=O)CCCCCCCCCCC)OC(=O)CCCCCCCCCCCCCCC. The summed E-state index contributed by atoms with van der Waals surface area (Å²) in [6, 6.07) is 0. The molecule has 12 heteroatoms. The molecule has 1 heterocycles. The van der Waals surface area contributed by atoms with Crippen molar-refractivity contribution in [1.82, 2.24) is 0 Å². The number of allylic oxidation sites excluding steroid dienone is 4. The van der Waals surface area contributed by atoms with Crippen LogP contribution in [-0.2, 0) is 42.9 Å². The minimum absolute atomic E-state index is 0.0637. The quantitative estimate of drug-likeness (QED) is 0.0229. The van der Waals surface area contributed by atoms with Gasteiger partial charge in [-0.15, -0.1) is 0 Å². The van der Waals surface area contributed by atoms with Crippen LogP contribution < -0.4 is 0 Å². The first-order chi connectivity index (χ1) is 31.6. The van der Waals surface area contributed by atoms with Gasteiger partial charge in [0.2, 0.25) is 0 Å². The van der Waals surface area contributed by atoms with E-state index < -0.39 is 67.3 Å². The highest BCUT2D eigenvalue weighted by Gasteiger charge is 2.50. The molecule has 6 atom stereocenters. The molecular formula is C53H94O12. The standard InChI is InChI=1S/C53H94O12/c1-4-7-10-13-16-19-21-23-25-28-30-33-36-39-45(54)61-42-44(63-46(55)40-37-34-32-29-26-24-22-20-17-14-11-8-5-2)43-62-53-51(49(58)48(57)50(65-53)52(59)60)64-47(56)41-38-35-31-27-18-15-12-9-6-3/h10,13,19,21,44,48-51,53,57-58H,4-9,11-12,14-18,20,22-43H2,1-3H3,(H,59,60)/b13-10-,21-19-. The molecule has 0 bridgehead atoms. The van der Waals surface area contributed by atoms with Gasteiger partial charge in [0.05, 0.1) is 6.61 Å². The molecule has 378 valence electrons. The third-order valence-corrected chi connectivity index (χ3v) is 12.0. The predicted octanol–water partition coefficient (Wildman–Crippen LogP) is 12.3. The summed E-state index contributed by atoms with van der Waals surface area (Å²) in [4.78, 5) is 50.7. The van der Waals surface area contributed by atoms with Gasteiger partial charge in [-0.2, -0.15) is 0 Å². The molecule has 1 aliphatic rings. The van der Waals surface area contributed by atoms with Crippen molar-refractivity contribution < 1.29 is 58.2 Å². The number of carbonyl (C=O) groups excluding carboxylic acids is 3. The average molecular weight is 923 g/mol. The lowest BCUT2D eigenvalue weighted by Crippen LogP contribution is -2.61. The zero-order valence-electron chi connectivity index (χ0n) is 41.2. The Balaban J connectivity index is 2.73. The van der Waals surface area contributed by atoms with Gasteiger partial charge in [0.25, 0.3) is 0 Å². The smallest absolute Gasteiger partial charge is 0.335 e. The van der Waals surface area contributed by atoms with Crippen molar-refractivity contribution in [1.29, 1.82) is 0 Å². The highest BCUT2D eigenvalue weighted by molar-refractivity contribution is 5.74. The number of aliphatic hydroxyl groups excluding tert-OH is 2. The van der Waals surface area contributed by atoms with Gasteiger partial charge < -0.3 is 39.0 Å². The fourth-order valence-corrected chi connectivity index (χ4v) is 7.93. The summed E-state index contributed by atoms with van der Waals surface area (Å²) < 4.78 is 28.2. The molecule has 0 aromatic carbocycles. The van der Waals surface area contributed by atoms with E-state index in [4.69, 9.17) is 23.7 Å². The summed E-state index contributed by atoms with van der Waals surface area (Å²) >= 11 is 0. The van der Waals surface area contributed by atoms with Crippen LogP contribution in [0, 0.1) is 0 Å². The number of hydrogen-bond donors (Lipinski definition) is 3. The number of unbranched alkanes of at least 4 members (excludes halogenated alkanes) is 26. The molecule has 1 fully saturated rings. The van der Waals surface area contributed by atoms with Crippen LogP contribution in [0.4, 0.5) is 0 Å². The number of hydrogen-bond acceptors (Lipinski definition) is 11. The van der Waals surface area contributed by atoms with Crippen LogP contribution >= 0.6 is 0 Å². The van der Waals surface area contributed by atoms with Gasteiger partial charge in [-0.1, -0.05) is 199 Å². The fraction of sp³-hybridized carbons (Fsp3) is 0.849. The van der Waals surface area contributed by atoms with Gasteiger partial charge in [-0.05, 0) is 44.9 Å². The van der Waals surface area contributed by atoms with Crippen LogP contribution in [0.5, 0.6) is 0 Å². The van der Waals surface area contributed by atoms with Crippen molar-refractivity contribution in [2.24, 2.45) is 0 Å². The molecule has 1 rings (SSSR count). The lowest BCUT2D eigenvalue weighted by Gasteiger charge is -2.40. The predicted molar refractivity (Wildman–Crippen MR) is 257 cm³/mol. The van der Waals surface area contributed by atoms with Gasteiger partial charge in [0.15, 0.2) is 24.6 Å². The van der Waals surface area contributed by atoms with Crippen LogP contribution in [-0.4, -0.2) is 89.2 Å². The third-order valence-electron chi connectivity index (χ3n) is 12.0. The molecule has 0 aromatic heterocycles. The van der Waals surface area contributed by atoms with E-state index in [1.807, 2.05) is 0 Å². The van der Waals surface area contributed by atoms with E-state index in [2.05, 4.69) is 45.1 Å². The van der Waals surface area contributed by atoms with E-state index in [1.165, 1.54) is 83.5 Å². The number of aliphatic carboxylic acids is 1. The Hall–Kier alpha value is -2.80. The second kappa shape index (κ2) is 42.5.